The van der Waals surface area contributed by atoms with E-state index in [1.165, 1.54) is 22.6 Å². The third kappa shape index (κ3) is 2.78. The van der Waals surface area contributed by atoms with Crippen LogP contribution in [0.25, 0.3) is 0 Å². The number of carbonyl (C=O) groups excluding carboxylic acids is 1. The van der Waals surface area contributed by atoms with Crippen molar-refractivity contribution in [3.05, 3.63) is 52.0 Å². The molecule has 5 heteroatoms. The summed E-state index contributed by atoms with van der Waals surface area (Å²) in [6, 6.07) is 7.97. The second-order valence-corrected chi connectivity index (χ2v) is 6.10. The third-order valence-corrected chi connectivity index (χ3v) is 4.83. The van der Waals surface area contributed by atoms with E-state index in [1.54, 1.807) is 23.5 Å². The Morgan fingerprint density at radius 1 is 1.38 bits per heavy atom. The predicted molar refractivity (Wildman–Crippen MR) is 83.2 cm³/mol. The van der Waals surface area contributed by atoms with Crippen LogP contribution < -0.4 is 5.32 Å². The lowest BCUT2D eigenvalue weighted by molar-refractivity contribution is 0.181. The molecule has 1 aliphatic heterocycles. The average molecular weight is 304 g/mol. The number of hydrogen-bond acceptors (Lipinski definition) is 2. The van der Waals surface area contributed by atoms with Crippen molar-refractivity contribution in [2.24, 2.45) is 0 Å². The second-order valence-electron chi connectivity index (χ2n) is 5.10. The van der Waals surface area contributed by atoms with Crippen LogP contribution in [0.15, 0.2) is 35.7 Å². The summed E-state index contributed by atoms with van der Waals surface area (Å²) in [4.78, 5) is 15.7. The van der Waals surface area contributed by atoms with Crippen LogP contribution >= 0.6 is 11.3 Å². The number of thiophene rings is 1. The van der Waals surface area contributed by atoms with Crippen molar-refractivity contribution in [1.82, 2.24) is 4.90 Å². The number of fused-ring (bicyclic) bond motifs is 1. The minimum absolute atomic E-state index is 0.120. The van der Waals surface area contributed by atoms with Gasteiger partial charge in [0.1, 0.15) is 5.82 Å². The normalized spacial score (nSPS) is 17.4. The SMILES string of the molecule is CCC1c2ccsc2CCN1C(=O)Nc1ccc(F)cc1. The highest BCUT2D eigenvalue weighted by Crippen LogP contribution is 2.35. The van der Waals surface area contributed by atoms with E-state index in [0.717, 1.165) is 19.4 Å². The number of urea groups is 1. The number of nitrogens with zero attached hydrogens (tertiary/aromatic N) is 1. The first kappa shape index (κ1) is 14.1. The van der Waals surface area contributed by atoms with Crippen molar-refractivity contribution in [3.8, 4) is 0 Å². The topological polar surface area (TPSA) is 32.3 Å². The van der Waals surface area contributed by atoms with Crippen LogP contribution in [0.5, 0.6) is 0 Å². The molecule has 0 bridgehead atoms. The fraction of sp³-hybridized carbons (Fsp3) is 0.312. The lowest BCUT2D eigenvalue weighted by atomic mass is 9.98. The highest BCUT2D eigenvalue weighted by atomic mass is 32.1. The monoisotopic (exact) mass is 304 g/mol. The van der Waals surface area contributed by atoms with Crippen molar-refractivity contribution in [2.45, 2.75) is 25.8 Å². The van der Waals surface area contributed by atoms with Crippen LogP contribution in [-0.4, -0.2) is 17.5 Å². The van der Waals surface area contributed by atoms with Crippen molar-refractivity contribution in [1.29, 1.82) is 0 Å². The summed E-state index contributed by atoms with van der Waals surface area (Å²) in [6.45, 7) is 2.81. The summed E-state index contributed by atoms with van der Waals surface area (Å²) in [6.07, 6.45) is 1.79. The lowest BCUT2D eigenvalue weighted by Gasteiger charge is -2.35. The maximum absolute atomic E-state index is 12.9. The molecule has 0 aliphatic carbocycles. The average Bonchev–Trinajstić information content (AvgIpc) is 2.97. The molecule has 2 aromatic rings. The van der Waals surface area contributed by atoms with E-state index >= 15 is 0 Å². The van der Waals surface area contributed by atoms with Gasteiger partial charge >= 0.3 is 6.03 Å². The van der Waals surface area contributed by atoms with Gasteiger partial charge in [-0.2, -0.15) is 0 Å². The van der Waals surface area contributed by atoms with E-state index in [1.807, 2.05) is 4.90 Å². The van der Waals surface area contributed by atoms with Crippen LogP contribution in [-0.2, 0) is 6.42 Å². The largest absolute Gasteiger partial charge is 0.322 e. The summed E-state index contributed by atoms with van der Waals surface area (Å²) >= 11 is 1.76. The zero-order chi connectivity index (χ0) is 14.8. The fourth-order valence-electron chi connectivity index (χ4n) is 2.81. The summed E-state index contributed by atoms with van der Waals surface area (Å²) in [7, 11) is 0. The van der Waals surface area contributed by atoms with E-state index < -0.39 is 0 Å². The Morgan fingerprint density at radius 3 is 2.86 bits per heavy atom. The molecule has 3 nitrogen and oxygen atoms in total. The van der Waals surface area contributed by atoms with Gasteiger partial charge in [-0.25, -0.2) is 9.18 Å². The number of benzene rings is 1. The van der Waals surface area contributed by atoms with Crippen LogP contribution in [0.2, 0.25) is 0 Å². The summed E-state index contributed by atoms with van der Waals surface area (Å²) < 4.78 is 12.9. The van der Waals surface area contributed by atoms with E-state index in [-0.39, 0.29) is 17.9 Å². The number of rotatable bonds is 2. The molecule has 1 aliphatic rings. The number of amides is 2. The molecule has 21 heavy (non-hydrogen) atoms. The third-order valence-electron chi connectivity index (χ3n) is 3.84. The smallest absolute Gasteiger partial charge is 0.317 e. The van der Waals surface area contributed by atoms with Crippen molar-refractivity contribution >= 4 is 23.1 Å². The molecule has 3 rings (SSSR count). The van der Waals surface area contributed by atoms with Crippen molar-refractivity contribution in [3.63, 3.8) is 0 Å². The molecule has 0 saturated heterocycles. The number of halogens is 1. The Labute approximate surface area is 127 Å². The number of nitrogens with one attached hydrogen (secondary N) is 1. The van der Waals surface area contributed by atoms with Gasteiger partial charge < -0.3 is 10.2 Å². The van der Waals surface area contributed by atoms with Crippen molar-refractivity contribution in [2.75, 3.05) is 11.9 Å². The molecule has 2 heterocycles. The fourth-order valence-corrected chi connectivity index (χ4v) is 3.74. The highest BCUT2D eigenvalue weighted by molar-refractivity contribution is 7.10. The first-order chi connectivity index (χ1) is 10.2. The zero-order valence-corrected chi connectivity index (χ0v) is 12.6. The lowest BCUT2D eigenvalue weighted by Crippen LogP contribution is -2.41. The molecule has 110 valence electrons. The molecule has 0 spiro atoms. The van der Waals surface area contributed by atoms with Gasteiger partial charge in [-0.05, 0) is 54.1 Å². The Kier molecular flexibility index (Phi) is 3.92. The van der Waals surface area contributed by atoms with E-state index in [4.69, 9.17) is 0 Å². The maximum atomic E-state index is 12.9. The van der Waals surface area contributed by atoms with Crippen LogP contribution in [0.4, 0.5) is 14.9 Å². The first-order valence-electron chi connectivity index (χ1n) is 7.08. The highest BCUT2D eigenvalue weighted by Gasteiger charge is 2.30. The van der Waals surface area contributed by atoms with Crippen molar-refractivity contribution < 1.29 is 9.18 Å². The quantitative estimate of drug-likeness (QED) is 0.874. The molecule has 1 N–H and O–H groups in total. The Hall–Kier alpha value is -1.88. The minimum atomic E-state index is -0.305. The zero-order valence-electron chi connectivity index (χ0n) is 11.8. The molecule has 1 unspecified atom stereocenters. The predicted octanol–water partition coefficient (Wildman–Crippen LogP) is 4.43. The molecule has 2 amide bonds. The molecular weight excluding hydrogens is 287 g/mol. The number of anilines is 1. The minimum Gasteiger partial charge on any atom is -0.317 e. The van der Waals surface area contributed by atoms with Crippen LogP contribution in [0.3, 0.4) is 0 Å². The van der Waals surface area contributed by atoms with E-state index in [2.05, 4.69) is 23.7 Å². The van der Waals surface area contributed by atoms with Crippen LogP contribution in [0, 0.1) is 5.82 Å². The molecule has 0 fully saturated rings. The molecule has 0 saturated carbocycles. The van der Waals surface area contributed by atoms with Gasteiger partial charge in [-0.15, -0.1) is 11.3 Å². The second kappa shape index (κ2) is 5.85. The molecular formula is C16H17FN2OS. The van der Waals surface area contributed by atoms with Crippen LogP contribution in [0.1, 0.15) is 29.8 Å². The Balaban J connectivity index is 1.77. The maximum Gasteiger partial charge on any atom is 0.322 e. The summed E-state index contributed by atoms with van der Waals surface area (Å²) in [5.74, 6) is -0.305. The Morgan fingerprint density at radius 2 is 2.14 bits per heavy atom. The molecule has 1 atom stereocenters. The van der Waals surface area contributed by atoms with E-state index in [9.17, 15) is 9.18 Å². The summed E-state index contributed by atoms with van der Waals surface area (Å²) in [5, 5.41) is 4.94. The van der Waals surface area contributed by atoms with Gasteiger partial charge in [0.25, 0.3) is 0 Å². The standard InChI is InChI=1S/C16H17FN2OS/c1-2-14-13-8-10-21-15(13)7-9-19(14)16(20)18-12-5-3-11(17)4-6-12/h3-6,8,10,14H,2,7,9H2,1H3,(H,18,20). The first-order valence-corrected chi connectivity index (χ1v) is 7.96. The summed E-state index contributed by atoms with van der Waals surface area (Å²) in [5.41, 5.74) is 1.88. The van der Waals surface area contributed by atoms with Gasteiger partial charge in [-0.3, -0.25) is 0 Å². The van der Waals surface area contributed by atoms with Gasteiger partial charge in [0.05, 0.1) is 6.04 Å². The molecule has 1 aromatic heterocycles. The number of hydrogen-bond donors (Lipinski definition) is 1. The number of carbonyl (C=O) groups is 1. The van der Waals surface area contributed by atoms with Gasteiger partial charge in [-0.1, -0.05) is 6.92 Å². The van der Waals surface area contributed by atoms with Gasteiger partial charge in [0.15, 0.2) is 0 Å². The van der Waals surface area contributed by atoms with Gasteiger partial charge in [0, 0.05) is 17.1 Å². The molecule has 0 radical (unpaired) electrons. The van der Waals surface area contributed by atoms with E-state index in [0.29, 0.717) is 5.69 Å². The van der Waals surface area contributed by atoms with Gasteiger partial charge in [0.2, 0.25) is 0 Å². The Bertz CT molecular complexity index is 638. The molecule has 1 aromatic carbocycles.